The second kappa shape index (κ2) is 9.36. The Morgan fingerprint density at radius 3 is 1.62 bits per heavy atom. The molecule has 0 radical (unpaired) electrons. The van der Waals surface area contributed by atoms with Crippen molar-refractivity contribution in [1.29, 1.82) is 0 Å². The van der Waals surface area contributed by atoms with Crippen LogP contribution in [0, 0.1) is 0 Å². The minimum Gasteiger partial charge on any atom is -0.0836 e. The zero-order valence-corrected chi connectivity index (χ0v) is 22.3. The third-order valence-corrected chi connectivity index (χ3v) is 8.52. The highest BCUT2D eigenvalue weighted by molar-refractivity contribution is 6.24. The van der Waals surface area contributed by atoms with Gasteiger partial charge >= 0.3 is 0 Å². The van der Waals surface area contributed by atoms with E-state index in [-0.39, 0.29) is 0 Å². The van der Waals surface area contributed by atoms with E-state index in [2.05, 4.69) is 146 Å². The monoisotopic (exact) mass is 508 g/mol. The average molecular weight is 509 g/mol. The van der Waals surface area contributed by atoms with E-state index in [0.29, 0.717) is 0 Å². The predicted molar refractivity (Wildman–Crippen MR) is 173 cm³/mol. The van der Waals surface area contributed by atoms with Crippen LogP contribution in [0.2, 0.25) is 0 Å². The van der Waals surface area contributed by atoms with E-state index in [1.165, 1.54) is 76.8 Å². The van der Waals surface area contributed by atoms with Crippen molar-refractivity contribution in [2.24, 2.45) is 0 Å². The first-order valence-electron chi connectivity index (χ1n) is 14.2. The highest BCUT2D eigenvalue weighted by atomic mass is 14.2. The van der Waals surface area contributed by atoms with Gasteiger partial charge in [0.2, 0.25) is 0 Å². The van der Waals surface area contributed by atoms with Gasteiger partial charge in [-0.3, -0.25) is 0 Å². The first kappa shape index (κ1) is 23.0. The van der Waals surface area contributed by atoms with Crippen LogP contribution in [0.15, 0.2) is 140 Å². The average Bonchev–Trinajstić information content (AvgIpc) is 3.03. The molecule has 0 aliphatic heterocycles. The van der Waals surface area contributed by atoms with E-state index in [1.54, 1.807) is 0 Å². The van der Waals surface area contributed by atoms with Gasteiger partial charge in [-0.2, -0.15) is 0 Å². The van der Waals surface area contributed by atoms with Crippen molar-refractivity contribution >= 4 is 38.4 Å². The number of hydrogen-bond acceptors (Lipinski definition) is 0. The van der Waals surface area contributed by atoms with Crippen LogP contribution < -0.4 is 0 Å². The molecule has 0 fully saturated rings. The fraction of sp³-hybridized carbons (Fsp3) is 0.0500. The molecule has 0 spiro atoms. The van der Waals surface area contributed by atoms with Gasteiger partial charge in [-0.05, 0) is 89.7 Å². The molecular formula is C40H28. The largest absolute Gasteiger partial charge is 0.0836 e. The zero-order valence-electron chi connectivity index (χ0n) is 22.3. The van der Waals surface area contributed by atoms with Crippen molar-refractivity contribution in [2.45, 2.75) is 12.8 Å². The lowest BCUT2D eigenvalue weighted by Gasteiger charge is -2.20. The second-order valence-electron chi connectivity index (χ2n) is 10.8. The van der Waals surface area contributed by atoms with E-state index in [9.17, 15) is 0 Å². The van der Waals surface area contributed by atoms with Crippen LogP contribution in [0.25, 0.3) is 71.8 Å². The molecule has 0 saturated carbocycles. The summed E-state index contributed by atoms with van der Waals surface area (Å²) in [5, 5.41) is 7.75. The van der Waals surface area contributed by atoms with Crippen molar-refractivity contribution < 1.29 is 0 Å². The van der Waals surface area contributed by atoms with Crippen LogP contribution in [0.1, 0.15) is 17.5 Å². The Balaban J connectivity index is 1.44. The van der Waals surface area contributed by atoms with E-state index >= 15 is 0 Å². The van der Waals surface area contributed by atoms with Crippen molar-refractivity contribution in [3.8, 4) is 33.4 Å². The molecular weight excluding hydrogens is 480 g/mol. The summed E-state index contributed by atoms with van der Waals surface area (Å²) >= 11 is 0. The molecule has 188 valence electrons. The molecule has 0 N–H and O–H groups in total. The summed E-state index contributed by atoms with van der Waals surface area (Å²) < 4.78 is 0. The van der Waals surface area contributed by atoms with E-state index in [4.69, 9.17) is 0 Å². The van der Waals surface area contributed by atoms with Crippen molar-refractivity contribution in [2.75, 3.05) is 0 Å². The summed E-state index contributed by atoms with van der Waals surface area (Å²) in [7, 11) is 0. The smallest absolute Gasteiger partial charge is 0.00201 e. The Morgan fingerprint density at radius 1 is 0.400 bits per heavy atom. The number of rotatable bonds is 3. The summed E-state index contributed by atoms with van der Waals surface area (Å²) in [5.74, 6) is 0. The molecule has 1 aliphatic rings. The van der Waals surface area contributed by atoms with Gasteiger partial charge in [0, 0.05) is 0 Å². The van der Waals surface area contributed by atoms with Gasteiger partial charge in [0.25, 0.3) is 0 Å². The molecule has 0 heterocycles. The second-order valence-corrected chi connectivity index (χ2v) is 10.8. The highest BCUT2D eigenvalue weighted by Crippen LogP contribution is 2.46. The van der Waals surface area contributed by atoms with Crippen LogP contribution in [0.5, 0.6) is 0 Å². The lowest BCUT2D eigenvalue weighted by atomic mass is 9.83. The lowest BCUT2D eigenvalue weighted by molar-refractivity contribution is 0.986. The summed E-state index contributed by atoms with van der Waals surface area (Å²) in [6.45, 7) is 0. The third kappa shape index (κ3) is 3.61. The van der Waals surface area contributed by atoms with Crippen LogP contribution in [-0.2, 0) is 6.42 Å². The Kier molecular flexibility index (Phi) is 5.38. The first-order valence-corrected chi connectivity index (χ1v) is 14.2. The SMILES string of the molecule is C1=Cc2ccc(-c3ccc(-c4c5ccccc5c(-c5ccccc5)c5ccccc45)c4ccccc34)cc2CC1. The van der Waals surface area contributed by atoms with Gasteiger partial charge in [-0.1, -0.05) is 146 Å². The number of benzene rings is 7. The molecule has 1 aliphatic carbocycles. The summed E-state index contributed by atoms with van der Waals surface area (Å²) in [4.78, 5) is 0. The number of allylic oxidation sites excluding steroid dienone is 1. The molecule has 0 heteroatoms. The van der Waals surface area contributed by atoms with Gasteiger partial charge in [0.15, 0.2) is 0 Å². The number of hydrogen-bond donors (Lipinski definition) is 0. The van der Waals surface area contributed by atoms with Crippen LogP contribution in [-0.4, -0.2) is 0 Å². The summed E-state index contributed by atoms with van der Waals surface area (Å²) in [6.07, 6.45) is 6.78. The van der Waals surface area contributed by atoms with Crippen molar-refractivity contribution in [3.05, 3.63) is 151 Å². The minimum atomic E-state index is 1.11. The first-order chi connectivity index (χ1) is 19.9. The predicted octanol–water partition coefficient (Wildman–Crippen LogP) is 11.1. The van der Waals surface area contributed by atoms with E-state index in [1.807, 2.05) is 0 Å². The van der Waals surface area contributed by atoms with Gasteiger partial charge in [-0.15, -0.1) is 0 Å². The molecule has 7 aromatic carbocycles. The Hall–Kier alpha value is -4.94. The van der Waals surface area contributed by atoms with E-state index < -0.39 is 0 Å². The number of aryl methyl sites for hydroxylation is 1. The van der Waals surface area contributed by atoms with Gasteiger partial charge in [0.05, 0.1) is 0 Å². The van der Waals surface area contributed by atoms with Crippen molar-refractivity contribution in [3.63, 3.8) is 0 Å². The molecule has 0 saturated heterocycles. The molecule has 0 aromatic heterocycles. The molecule has 40 heavy (non-hydrogen) atoms. The van der Waals surface area contributed by atoms with Crippen LogP contribution >= 0.6 is 0 Å². The Morgan fingerprint density at radius 2 is 0.950 bits per heavy atom. The van der Waals surface area contributed by atoms with Crippen LogP contribution in [0.4, 0.5) is 0 Å². The van der Waals surface area contributed by atoms with Gasteiger partial charge in [-0.25, -0.2) is 0 Å². The molecule has 0 atom stereocenters. The Bertz CT molecular complexity index is 2040. The van der Waals surface area contributed by atoms with E-state index in [0.717, 1.165) is 12.8 Å². The fourth-order valence-corrected chi connectivity index (χ4v) is 6.70. The normalized spacial score (nSPS) is 12.7. The Labute approximate surface area is 234 Å². The topological polar surface area (TPSA) is 0 Å². The number of fused-ring (bicyclic) bond motifs is 4. The molecule has 8 rings (SSSR count). The fourth-order valence-electron chi connectivity index (χ4n) is 6.70. The van der Waals surface area contributed by atoms with Crippen LogP contribution in [0.3, 0.4) is 0 Å². The third-order valence-electron chi connectivity index (χ3n) is 8.52. The lowest BCUT2D eigenvalue weighted by Crippen LogP contribution is -1.95. The van der Waals surface area contributed by atoms with Crippen molar-refractivity contribution in [1.82, 2.24) is 0 Å². The molecule has 0 unspecified atom stereocenters. The molecule has 7 aromatic rings. The van der Waals surface area contributed by atoms with Gasteiger partial charge < -0.3 is 0 Å². The highest BCUT2D eigenvalue weighted by Gasteiger charge is 2.19. The quantitative estimate of drug-likeness (QED) is 0.208. The maximum Gasteiger partial charge on any atom is -0.00201 e. The van der Waals surface area contributed by atoms with Gasteiger partial charge in [0.1, 0.15) is 0 Å². The maximum absolute atomic E-state index is 2.40. The zero-order chi connectivity index (χ0) is 26.5. The minimum absolute atomic E-state index is 1.11. The molecule has 0 amide bonds. The molecule has 0 nitrogen and oxygen atoms in total. The summed E-state index contributed by atoms with van der Waals surface area (Å²) in [6, 6.07) is 49.3. The summed E-state index contributed by atoms with van der Waals surface area (Å²) in [5.41, 5.74) is 10.5. The standard InChI is InChI=1S/C40H28/c1-2-13-28(14-3-1)39-34-18-8-10-20-36(34)40(37-21-11-9-19-35(37)39)38-25-24-31(32-16-6-7-17-33(32)38)30-23-22-27-12-4-5-15-29(27)26-30/h1-4,6-14,16-26H,5,15H2. The molecule has 0 bridgehead atoms. The maximum atomic E-state index is 2.40.